The Kier molecular flexibility index (Phi) is 4.75. The number of ether oxygens (including phenoxy) is 1. The fourth-order valence-corrected chi connectivity index (χ4v) is 3.82. The van der Waals surface area contributed by atoms with Gasteiger partial charge in [-0.3, -0.25) is 9.59 Å². The van der Waals surface area contributed by atoms with E-state index in [4.69, 9.17) is 4.74 Å². The number of nitrogens with zero attached hydrogens (tertiary/aromatic N) is 2. The molecule has 5 nitrogen and oxygen atoms in total. The highest BCUT2D eigenvalue weighted by Crippen LogP contribution is 2.31. The molecule has 2 heterocycles. The summed E-state index contributed by atoms with van der Waals surface area (Å²) < 4.78 is 5.46. The van der Waals surface area contributed by atoms with Crippen LogP contribution >= 0.6 is 0 Å². The number of rotatable bonds is 5. The summed E-state index contributed by atoms with van der Waals surface area (Å²) in [4.78, 5) is 28.9. The smallest absolute Gasteiger partial charge is 0.254 e. The molecule has 1 atom stereocenters. The van der Waals surface area contributed by atoms with Gasteiger partial charge in [0.2, 0.25) is 5.91 Å². The van der Waals surface area contributed by atoms with Crippen LogP contribution in [-0.4, -0.2) is 49.1 Å². The summed E-state index contributed by atoms with van der Waals surface area (Å²) in [5.41, 5.74) is 1.63. The van der Waals surface area contributed by atoms with Gasteiger partial charge in [-0.2, -0.15) is 0 Å². The average Bonchev–Trinajstić information content (AvgIpc) is 3.35. The first-order valence-corrected chi connectivity index (χ1v) is 9.51. The molecule has 3 fully saturated rings. The van der Waals surface area contributed by atoms with Crippen LogP contribution in [0.3, 0.4) is 0 Å². The molecule has 4 rings (SSSR count). The van der Waals surface area contributed by atoms with E-state index in [2.05, 4.69) is 0 Å². The average molecular weight is 342 g/mol. The van der Waals surface area contributed by atoms with Crippen molar-refractivity contribution >= 4 is 17.5 Å². The number of hydrogen-bond acceptors (Lipinski definition) is 3. The molecular formula is C20H26N2O3. The van der Waals surface area contributed by atoms with E-state index in [1.807, 2.05) is 34.1 Å². The van der Waals surface area contributed by atoms with E-state index >= 15 is 0 Å². The summed E-state index contributed by atoms with van der Waals surface area (Å²) in [6.45, 7) is 3.17. The maximum Gasteiger partial charge on any atom is 0.254 e. The molecule has 25 heavy (non-hydrogen) atoms. The van der Waals surface area contributed by atoms with Crippen molar-refractivity contribution in [1.82, 2.24) is 4.90 Å². The molecular weight excluding hydrogens is 316 g/mol. The number of carbonyl (C=O) groups excluding carboxylic acids is 2. The molecule has 3 aliphatic rings. The van der Waals surface area contributed by atoms with Gasteiger partial charge in [0.05, 0.1) is 6.61 Å². The minimum absolute atomic E-state index is 0.117. The van der Waals surface area contributed by atoms with Crippen molar-refractivity contribution in [3.8, 4) is 0 Å². The molecule has 1 aliphatic carbocycles. The minimum atomic E-state index is 0.117. The predicted molar refractivity (Wildman–Crippen MR) is 95.6 cm³/mol. The lowest BCUT2D eigenvalue weighted by atomic mass is 10.1. The molecule has 1 saturated carbocycles. The summed E-state index contributed by atoms with van der Waals surface area (Å²) in [5.74, 6) is 0.770. The lowest BCUT2D eigenvalue weighted by Gasteiger charge is -2.28. The van der Waals surface area contributed by atoms with Crippen LogP contribution in [0.25, 0.3) is 0 Å². The number of piperidine rings is 1. The first kappa shape index (κ1) is 16.6. The Hall–Kier alpha value is -1.88. The molecule has 0 radical (unpaired) electrons. The topological polar surface area (TPSA) is 49.9 Å². The number of amides is 2. The highest BCUT2D eigenvalue weighted by molar-refractivity contribution is 5.97. The maximum absolute atomic E-state index is 13.0. The first-order chi connectivity index (χ1) is 12.2. The molecule has 2 amide bonds. The van der Waals surface area contributed by atoms with Crippen molar-refractivity contribution in [1.29, 1.82) is 0 Å². The van der Waals surface area contributed by atoms with Crippen LogP contribution < -0.4 is 4.90 Å². The number of hydrogen-bond donors (Lipinski definition) is 0. The van der Waals surface area contributed by atoms with Crippen LogP contribution in [0.2, 0.25) is 0 Å². The molecule has 0 bridgehead atoms. The van der Waals surface area contributed by atoms with Gasteiger partial charge in [-0.25, -0.2) is 0 Å². The van der Waals surface area contributed by atoms with Gasteiger partial charge in [-0.15, -0.1) is 0 Å². The molecule has 1 aromatic carbocycles. The zero-order valence-corrected chi connectivity index (χ0v) is 14.7. The Bertz CT molecular complexity index is 633. The molecule has 134 valence electrons. The molecule has 0 unspecified atom stereocenters. The van der Waals surface area contributed by atoms with Crippen molar-refractivity contribution in [2.75, 3.05) is 31.2 Å². The van der Waals surface area contributed by atoms with Crippen molar-refractivity contribution in [3.05, 3.63) is 29.8 Å². The lowest BCUT2D eigenvalue weighted by Crippen LogP contribution is -2.37. The second-order valence-corrected chi connectivity index (χ2v) is 7.47. The second kappa shape index (κ2) is 7.16. The Morgan fingerprint density at radius 3 is 2.60 bits per heavy atom. The normalized spacial score (nSPS) is 23.8. The van der Waals surface area contributed by atoms with Gasteiger partial charge in [-0.1, -0.05) is 0 Å². The molecule has 0 spiro atoms. The molecule has 0 N–H and O–H groups in total. The monoisotopic (exact) mass is 342 g/mol. The summed E-state index contributed by atoms with van der Waals surface area (Å²) in [5, 5.41) is 0. The Labute approximate surface area is 148 Å². The maximum atomic E-state index is 13.0. The number of carbonyl (C=O) groups is 2. The van der Waals surface area contributed by atoms with E-state index in [1.165, 1.54) is 0 Å². The summed E-state index contributed by atoms with van der Waals surface area (Å²) >= 11 is 0. The standard InChI is InChI=1S/C20H26N2O3/c23-19-3-1-2-11-21(19)17-6-4-16(5-7-17)20(24)22(18-8-9-18)13-15-10-12-25-14-15/h4-7,15,18H,1-3,8-14H2/t15-/m1/s1. The quantitative estimate of drug-likeness (QED) is 0.827. The fourth-order valence-electron chi connectivity index (χ4n) is 3.82. The highest BCUT2D eigenvalue weighted by atomic mass is 16.5. The van der Waals surface area contributed by atoms with Crippen molar-refractivity contribution in [3.63, 3.8) is 0 Å². The largest absolute Gasteiger partial charge is 0.381 e. The van der Waals surface area contributed by atoms with Gasteiger partial charge in [0.15, 0.2) is 0 Å². The van der Waals surface area contributed by atoms with E-state index < -0.39 is 0 Å². The third-order valence-electron chi connectivity index (χ3n) is 5.48. The summed E-state index contributed by atoms with van der Waals surface area (Å²) in [6.07, 6.45) is 5.92. The van der Waals surface area contributed by atoms with Crippen molar-refractivity contribution in [2.24, 2.45) is 5.92 Å². The van der Waals surface area contributed by atoms with Crippen molar-refractivity contribution < 1.29 is 14.3 Å². The van der Waals surface area contributed by atoms with Crippen LogP contribution in [0.4, 0.5) is 5.69 Å². The molecule has 0 aromatic heterocycles. The van der Waals surface area contributed by atoms with Gasteiger partial charge in [-0.05, 0) is 56.4 Å². The first-order valence-electron chi connectivity index (χ1n) is 9.51. The van der Waals surface area contributed by atoms with Crippen LogP contribution in [0, 0.1) is 5.92 Å². The SMILES string of the molecule is O=C1CCCCN1c1ccc(C(=O)N(C[C@H]2CCOC2)C2CC2)cc1. The zero-order valence-electron chi connectivity index (χ0n) is 14.7. The zero-order chi connectivity index (χ0) is 17.2. The van der Waals surface area contributed by atoms with E-state index in [0.29, 0.717) is 18.4 Å². The molecule has 2 aliphatic heterocycles. The number of benzene rings is 1. The predicted octanol–water partition coefficient (Wildman–Crippen LogP) is 2.84. The van der Waals surface area contributed by atoms with Crippen LogP contribution in [-0.2, 0) is 9.53 Å². The highest BCUT2D eigenvalue weighted by Gasteiger charge is 2.35. The van der Waals surface area contributed by atoms with E-state index in [1.54, 1.807) is 0 Å². The van der Waals surface area contributed by atoms with Gasteiger partial charge >= 0.3 is 0 Å². The summed E-state index contributed by atoms with van der Waals surface area (Å²) in [7, 11) is 0. The third-order valence-corrected chi connectivity index (χ3v) is 5.48. The molecule has 5 heteroatoms. The molecule has 2 saturated heterocycles. The van der Waals surface area contributed by atoms with E-state index in [-0.39, 0.29) is 11.8 Å². The van der Waals surface area contributed by atoms with E-state index in [0.717, 1.165) is 69.7 Å². The van der Waals surface area contributed by atoms with Crippen LogP contribution in [0.5, 0.6) is 0 Å². The van der Waals surface area contributed by atoms with Crippen molar-refractivity contribution in [2.45, 2.75) is 44.6 Å². The lowest BCUT2D eigenvalue weighted by molar-refractivity contribution is -0.119. The van der Waals surface area contributed by atoms with Crippen LogP contribution in [0.1, 0.15) is 48.9 Å². The minimum Gasteiger partial charge on any atom is -0.381 e. The second-order valence-electron chi connectivity index (χ2n) is 7.47. The Morgan fingerprint density at radius 1 is 1.16 bits per heavy atom. The Morgan fingerprint density at radius 2 is 1.96 bits per heavy atom. The van der Waals surface area contributed by atoms with Gasteiger partial charge < -0.3 is 14.5 Å². The van der Waals surface area contributed by atoms with Gasteiger partial charge in [0.1, 0.15) is 0 Å². The van der Waals surface area contributed by atoms with Gasteiger partial charge in [0.25, 0.3) is 5.91 Å². The molecule has 1 aromatic rings. The summed E-state index contributed by atoms with van der Waals surface area (Å²) in [6, 6.07) is 7.98. The van der Waals surface area contributed by atoms with Crippen LogP contribution in [0.15, 0.2) is 24.3 Å². The third kappa shape index (κ3) is 3.71. The number of anilines is 1. The van der Waals surface area contributed by atoms with Gasteiger partial charge in [0, 0.05) is 49.3 Å². The fraction of sp³-hybridized carbons (Fsp3) is 0.600. The van der Waals surface area contributed by atoms with E-state index in [9.17, 15) is 9.59 Å². The Balaban J connectivity index is 1.46.